The molecule has 0 saturated carbocycles. The van der Waals surface area contributed by atoms with E-state index >= 15 is 0 Å². The van der Waals surface area contributed by atoms with Gasteiger partial charge in [-0.1, -0.05) is 195 Å². The van der Waals surface area contributed by atoms with Crippen LogP contribution in [0.2, 0.25) is 0 Å². The summed E-state index contributed by atoms with van der Waals surface area (Å²) in [5.74, 6) is -1.06. The number of hydrogen-bond donors (Lipinski definition) is 0. The second-order valence-electron chi connectivity index (χ2n) is 16.0. The first-order valence-corrected chi connectivity index (χ1v) is 24.7. The number of ether oxygens (including phenoxy) is 3. The molecule has 0 fully saturated rings. The molecule has 0 rings (SSSR count). The molecule has 0 radical (unpaired) electrons. The molecule has 0 aromatic rings. The Bertz CT molecular complexity index is 1250. The quantitative estimate of drug-likeness (QED) is 0.0263. The number of carbonyl (C=O) groups is 3. The lowest BCUT2D eigenvalue weighted by Crippen LogP contribution is -2.30. The summed E-state index contributed by atoms with van der Waals surface area (Å²) in [5.41, 5.74) is 0. The van der Waals surface area contributed by atoms with Crippen LogP contribution in [0.25, 0.3) is 0 Å². The third kappa shape index (κ3) is 47.2. The standard InChI is InChI=1S/C55H90O6/c1-4-7-10-13-16-19-22-24-25-26-27-28-29-31-33-36-39-42-45-48-54(57)60-51-52(50-59-53(56)47-44-41-38-35-32-21-18-15-12-9-6-3)61-55(58)49-46-43-40-37-34-30-23-20-17-14-11-8-5-2/h7,9-10,12,16,18-19,21,24-25,30,34-35,38,40,43,52H,4-6,8,11,13-15,17,20,22-23,26-29,31-33,36-37,39,41-42,44-51H2,1-3H3/b10-7-,12-9-,19-16-,21-18-,25-24-,34-30-,38-35-,43-40-. The summed E-state index contributed by atoms with van der Waals surface area (Å²) in [6, 6.07) is 0. The van der Waals surface area contributed by atoms with E-state index in [0.717, 1.165) is 83.5 Å². The van der Waals surface area contributed by atoms with Crippen molar-refractivity contribution in [3.05, 3.63) is 97.2 Å². The van der Waals surface area contributed by atoms with Crippen molar-refractivity contribution in [2.24, 2.45) is 0 Å². The van der Waals surface area contributed by atoms with Crippen LogP contribution in [-0.4, -0.2) is 37.2 Å². The minimum Gasteiger partial charge on any atom is -0.462 e. The molecule has 0 aromatic heterocycles. The minimum atomic E-state index is -0.829. The zero-order valence-corrected chi connectivity index (χ0v) is 39.4. The average Bonchev–Trinajstić information content (AvgIpc) is 3.26. The number of allylic oxidation sites excluding steroid dienone is 16. The van der Waals surface area contributed by atoms with Crippen molar-refractivity contribution in [3.8, 4) is 0 Å². The number of carbonyl (C=O) groups excluding carboxylic acids is 3. The summed E-state index contributed by atoms with van der Waals surface area (Å²) < 4.78 is 16.6. The van der Waals surface area contributed by atoms with Gasteiger partial charge in [0.05, 0.1) is 0 Å². The number of hydrogen-bond acceptors (Lipinski definition) is 6. The fraction of sp³-hybridized carbons (Fsp3) is 0.655. The largest absolute Gasteiger partial charge is 0.462 e. The summed E-state index contributed by atoms with van der Waals surface area (Å²) in [6.45, 7) is 6.28. The number of unbranched alkanes of at least 4 members (excludes halogenated alkanes) is 16. The fourth-order valence-electron chi connectivity index (χ4n) is 6.41. The zero-order chi connectivity index (χ0) is 44.4. The Balaban J connectivity index is 4.45. The molecule has 0 aromatic carbocycles. The third-order valence-electron chi connectivity index (χ3n) is 10.1. The van der Waals surface area contributed by atoms with Crippen LogP contribution in [0, 0.1) is 0 Å². The van der Waals surface area contributed by atoms with E-state index in [4.69, 9.17) is 14.2 Å². The molecule has 0 saturated heterocycles. The van der Waals surface area contributed by atoms with Gasteiger partial charge in [-0.2, -0.15) is 0 Å². The smallest absolute Gasteiger partial charge is 0.306 e. The second kappa shape index (κ2) is 49.0. The van der Waals surface area contributed by atoms with Crippen LogP contribution >= 0.6 is 0 Å². The van der Waals surface area contributed by atoms with Gasteiger partial charge in [-0.15, -0.1) is 0 Å². The highest BCUT2D eigenvalue weighted by molar-refractivity contribution is 5.71. The molecule has 346 valence electrons. The topological polar surface area (TPSA) is 78.9 Å². The minimum absolute atomic E-state index is 0.120. The second-order valence-corrected chi connectivity index (χ2v) is 16.0. The molecule has 0 heterocycles. The monoisotopic (exact) mass is 847 g/mol. The van der Waals surface area contributed by atoms with Gasteiger partial charge in [0.15, 0.2) is 6.10 Å². The Labute approximate surface area is 375 Å². The molecule has 61 heavy (non-hydrogen) atoms. The maximum Gasteiger partial charge on any atom is 0.306 e. The van der Waals surface area contributed by atoms with Crippen LogP contribution < -0.4 is 0 Å². The number of rotatable bonds is 43. The fourth-order valence-corrected chi connectivity index (χ4v) is 6.41. The maximum absolute atomic E-state index is 12.7. The first-order chi connectivity index (χ1) is 30.0. The van der Waals surface area contributed by atoms with Crippen molar-refractivity contribution < 1.29 is 28.6 Å². The highest BCUT2D eigenvalue weighted by atomic mass is 16.6. The molecule has 6 heteroatoms. The molecule has 6 nitrogen and oxygen atoms in total. The maximum atomic E-state index is 12.7. The van der Waals surface area contributed by atoms with Gasteiger partial charge in [0.1, 0.15) is 13.2 Å². The van der Waals surface area contributed by atoms with Crippen molar-refractivity contribution in [1.29, 1.82) is 0 Å². The summed E-state index contributed by atoms with van der Waals surface area (Å²) >= 11 is 0. The van der Waals surface area contributed by atoms with Crippen molar-refractivity contribution in [1.82, 2.24) is 0 Å². The van der Waals surface area contributed by atoms with Crippen LogP contribution in [0.1, 0.15) is 213 Å². The molecule has 0 aliphatic carbocycles. The Hall–Kier alpha value is -3.67. The van der Waals surface area contributed by atoms with Crippen LogP contribution in [0.15, 0.2) is 97.2 Å². The molecule has 0 aliphatic heterocycles. The van der Waals surface area contributed by atoms with Crippen molar-refractivity contribution >= 4 is 17.9 Å². The van der Waals surface area contributed by atoms with E-state index in [9.17, 15) is 14.4 Å². The SMILES string of the molecule is CC/C=C\C/C=C\C/C=C\CCCCCCCCCCCC(=O)OCC(COC(=O)CCC/C=C\C/C=C\C/C=C\CC)OC(=O)CC/C=C\C/C=C\CCCCCCCC. The molecular weight excluding hydrogens is 757 g/mol. The Morgan fingerprint density at radius 2 is 0.689 bits per heavy atom. The normalized spacial score (nSPS) is 12.9. The summed E-state index contributed by atoms with van der Waals surface area (Å²) in [7, 11) is 0. The summed E-state index contributed by atoms with van der Waals surface area (Å²) in [4.78, 5) is 37.8. The van der Waals surface area contributed by atoms with E-state index in [1.54, 1.807) is 0 Å². The summed E-state index contributed by atoms with van der Waals surface area (Å²) in [5, 5.41) is 0. The van der Waals surface area contributed by atoms with E-state index in [0.29, 0.717) is 19.3 Å². The predicted molar refractivity (Wildman–Crippen MR) is 260 cm³/mol. The van der Waals surface area contributed by atoms with Gasteiger partial charge in [0.2, 0.25) is 0 Å². The van der Waals surface area contributed by atoms with Crippen LogP contribution in [0.4, 0.5) is 0 Å². The van der Waals surface area contributed by atoms with E-state index in [1.807, 2.05) is 6.08 Å². The van der Waals surface area contributed by atoms with Gasteiger partial charge in [-0.05, 0) is 96.3 Å². The van der Waals surface area contributed by atoms with Crippen LogP contribution in [-0.2, 0) is 28.6 Å². The van der Waals surface area contributed by atoms with E-state index in [2.05, 4.69) is 112 Å². The van der Waals surface area contributed by atoms with E-state index < -0.39 is 12.1 Å². The molecular formula is C55H90O6. The van der Waals surface area contributed by atoms with Gasteiger partial charge < -0.3 is 14.2 Å². The predicted octanol–water partition coefficient (Wildman–Crippen LogP) is 16.2. The molecule has 0 amide bonds. The summed E-state index contributed by atoms with van der Waals surface area (Å²) in [6.07, 6.45) is 64.2. The lowest BCUT2D eigenvalue weighted by Gasteiger charge is -2.18. The van der Waals surface area contributed by atoms with Crippen molar-refractivity contribution in [2.75, 3.05) is 13.2 Å². The molecule has 1 unspecified atom stereocenters. The Kier molecular flexibility index (Phi) is 46.0. The van der Waals surface area contributed by atoms with Gasteiger partial charge in [-0.25, -0.2) is 0 Å². The van der Waals surface area contributed by atoms with Gasteiger partial charge in [0.25, 0.3) is 0 Å². The molecule has 0 spiro atoms. The highest BCUT2D eigenvalue weighted by Crippen LogP contribution is 2.13. The third-order valence-corrected chi connectivity index (χ3v) is 10.1. The highest BCUT2D eigenvalue weighted by Gasteiger charge is 2.19. The molecule has 0 aliphatic rings. The van der Waals surface area contributed by atoms with Crippen LogP contribution in [0.3, 0.4) is 0 Å². The lowest BCUT2D eigenvalue weighted by atomic mass is 10.1. The zero-order valence-electron chi connectivity index (χ0n) is 39.4. The molecule has 0 bridgehead atoms. The number of esters is 3. The Morgan fingerprint density at radius 3 is 1.13 bits per heavy atom. The van der Waals surface area contributed by atoms with Gasteiger partial charge in [-0.3, -0.25) is 14.4 Å². The first kappa shape index (κ1) is 57.3. The molecule has 0 N–H and O–H groups in total. The van der Waals surface area contributed by atoms with Crippen LogP contribution in [0.5, 0.6) is 0 Å². The average molecular weight is 847 g/mol. The van der Waals surface area contributed by atoms with Gasteiger partial charge >= 0.3 is 17.9 Å². The van der Waals surface area contributed by atoms with Crippen molar-refractivity contribution in [2.45, 2.75) is 219 Å². The first-order valence-electron chi connectivity index (χ1n) is 24.7. The molecule has 1 atom stereocenters. The van der Waals surface area contributed by atoms with E-state index in [-0.39, 0.29) is 38.0 Å². The van der Waals surface area contributed by atoms with Crippen molar-refractivity contribution in [3.63, 3.8) is 0 Å². The lowest BCUT2D eigenvalue weighted by molar-refractivity contribution is -0.166. The van der Waals surface area contributed by atoms with E-state index in [1.165, 1.54) is 77.0 Å². The van der Waals surface area contributed by atoms with Gasteiger partial charge in [0, 0.05) is 19.3 Å². The Morgan fingerprint density at radius 1 is 0.344 bits per heavy atom.